The monoisotopic (exact) mass is 467 g/mol. The van der Waals surface area contributed by atoms with Gasteiger partial charge >= 0.3 is 5.97 Å². The molecule has 1 heterocycles. The van der Waals surface area contributed by atoms with Crippen LogP contribution in [0.3, 0.4) is 0 Å². The summed E-state index contributed by atoms with van der Waals surface area (Å²) in [4.78, 5) is 11.3. The molecule has 1 N–H and O–H groups in total. The van der Waals surface area contributed by atoms with Gasteiger partial charge in [-0.1, -0.05) is 31.2 Å². The molecule has 1 fully saturated rings. The van der Waals surface area contributed by atoms with Gasteiger partial charge in [-0.3, -0.25) is 4.79 Å². The number of hydrogen-bond acceptors (Lipinski definition) is 5. The lowest BCUT2D eigenvalue weighted by Gasteiger charge is -2.16. The molecule has 8 heteroatoms. The molecule has 1 aromatic heterocycles. The van der Waals surface area contributed by atoms with E-state index in [0.717, 1.165) is 24.1 Å². The third kappa shape index (κ3) is 5.55. The minimum atomic E-state index is -0.789. The summed E-state index contributed by atoms with van der Waals surface area (Å²) < 4.78 is 27.5. The Balaban J connectivity index is 1.57. The van der Waals surface area contributed by atoms with Gasteiger partial charge in [0.15, 0.2) is 0 Å². The molecule has 1 aliphatic carbocycles. The zero-order chi connectivity index (χ0) is 24.2. The minimum absolute atomic E-state index is 0.00513. The summed E-state index contributed by atoms with van der Waals surface area (Å²) in [5.41, 5.74) is 2.66. The van der Waals surface area contributed by atoms with Crippen LogP contribution in [-0.4, -0.2) is 33.2 Å². The first-order valence-electron chi connectivity index (χ1n) is 11.6. The van der Waals surface area contributed by atoms with Crippen molar-refractivity contribution in [1.29, 1.82) is 0 Å². The van der Waals surface area contributed by atoms with E-state index in [1.807, 2.05) is 24.3 Å². The highest BCUT2D eigenvalue weighted by Gasteiger charge is 2.33. The van der Waals surface area contributed by atoms with Crippen molar-refractivity contribution in [2.75, 3.05) is 7.11 Å². The van der Waals surface area contributed by atoms with Gasteiger partial charge in [0.25, 0.3) is 0 Å². The highest BCUT2D eigenvalue weighted by molar-refractivity contribution is 5.68. The fourth-order valence-corrected chi connectivity index (χ4v) is 4.24. The van der Waals surface area contributed by atoms with Crippen LogP contribution in [0, 0.1) is 17.7 Å². The Kier molecular flexibility index (Phi) is 7.14. The van der Waals surface area contributed by atoms with Crippen LogP contribution in [-0.2, 0) is 17.8 Å². The Morgan fingerprint density at radius 1 is 1.21 bits per heavy atom. The molecule has 4 rings (SSSR count). The predicted octanol–water partition coefficient (Wildman–Crippen LogP) is 5.16. The summed E-state index contributed by atoms with van der Waals surface area (Å²) >= 11 is 0. The molecular weight excluding hydrogens is 437 g/mol. The van der Waals surface area contributed by atoms with Crippen molar-refractivity contribution >= 4 is 5.97 Å². The second-order valence-corrected chi connectivity index (χ2v) is 9.21. The number of carbonyl (C=O) groups is 1. The topological polar surface area (TPSA) is 86.5 Å². The maximum Gasteiger partial charge on any atom is 0.303 e. The quantitative estimate of drug-likeness (QED) is 0.419. The minimum Gasteiger partial charge on any atom is -0.497 e. The molecule has 0 radical (unpaired) electrons. The van der Waals surface area contributed by atoms with E-state index in [1.165, 1.54) is 17.9 Å². The van der Waals surface area contributed by atoms with Crippen LogP contribution in [0.5, 0.6) is 11.5 Å². The molecule has 0 unspecified atom stereocenters. The van der Waals surface area contributed by atoms with E-state index in [2.05, 4.69) is 24.2 Å². The van der Waals surface area contributed by atoms with Crippen LogP contribution in [0.4, 0.5) is 4.39 Å². The van der Waals surface area contributed by atoms with Crippen LogP contribution in [0.25, 0.3) is 5.69 Å². The van der Waals surface area contributed by atoms with Gasteiger partial charge in [-0.05, 0) is 66.8 Å². The zero-order valence-electron chi connectivity index (χ0n) is 19.7. The van der Waals surface area contributed by atoms with E-state index in [0.29, 0.717) is 35.4 Å². The highest BCUT2D eigenvalue weighted by atomic mass is 19.1. The number of rotatable bonds is 11. The SMILES string of the molecule is COc1ccc(F)c(-n2nnc(COc3cccc([C@@H](CC(=O)O)C4CC4)c3)c2CC(C)C)c1. The Morgan fingerprint density at radius 2 is 2.00 bits per heavy atom. The van der Waals surface area contributed by atoms with Crippen molar-refractivity contribution in [2.45, 2.75) is 52.1 Å². The summed E-state index contributed by atoms with van der Waals surface area (Å²) in [6.45, 7) is 4.33. The van der Waals surface area contributed by atoms with E-state index in [-0.39, 0.29) is 24.6 Å². The summed E-state index contributed by atoms with van der Waals surface area (Å²) in [6, 6.07) is 12.1. The first kappa shape index (κ1) is 23.7. The number of nitrogens with zero attached hydrogens (tertiary/aromatic N) is 3. The number of methoxy groups -OCH3 is 1. The summed E-state index contributed by atoms with van der Waals surface area (Å²) in [5.74, 6) is 0.678. The van der Waals surface area contributed by atoms with Gasteiger partial charge in [0, 0.05) is 6.07 Å². The molecule has 1 saturated carbocycles. The third-order valence-electron chi connectivity index (χ3n) is 6.07. The molecule has 0 aliphatic heterocycles. The van der Waals surface area contributed by atoms with Gasteiger partial charge in [0.1, 0.15) is 35.3 Å². The van der Waals surface area contributed by atoms with Crippen molar-refractivity contribution in [3.8, 4) is 17.2 Å². The summed E-state index contributed by atoms with van der Waals surface area (Å²) in [5, 5.41) is 17.8. The van der Waals surface area contributed by atoms with Crippen LogP contribution in [0.2, 0.25) is 0 Å². The first-order chi connectivity index (χ1) is 16.4. The van der Waals surface area contributed by atoms with E-state index in [4.69, 9.17) is 9.47 Å². The molecule has 0 spiro atoms. The number of hydrogen-bond donors (Lipinski definition) is 1. The van der Waals surface area contributed by atoms with E-state index in [9.17, 15) is 14.3 Å². The summed E-state index contributed by atoms with van der Waals surface area (Å²) in [7, 11) is 1.53. The lowest BCUT2D eigenvalue weighted by atomic mass is 9.91. The van der Waals surface area contributed by atoms with E-state index >= 15 is 0 Å². The maximum atomic E-state index is 14.6. The molecule has 0 saturated heterocycles. The molecule has 1 aliphatic rings. The van der Waals surface area contributed by atoms with E-state index < -0.39 is 11.8 Å². The Bertz CT molecular complexity index is 1160. The zero-order valence-corrected chi connectivity index (χ0v) is 19.7. The smallest absolute Gasteiger partial charge is 0.303 e. The number of carboxylic acids is 1. The van der Waals surface area contributed by atoms with Gasteiger partial charge in [-0.25, -0.2) is 9.07 Å². The van der Waals surface area contributed by atoms with Crippen molar-refractivity contribution in [3.05, 3.63) is 65.2 Å². The van der Waals surface area contributed by atoms with Crippen LogP contribution >= 0.6 is 0 Å². The average Bonchev–Trinajstić information content (AvgIpc) is 3.58. The number of aliphatic carboxylic acids is 1. The van der Waals surface area contributed by atoms with E-state index in [1.54, 1.807) is 12.1 Å². The predicted molar refractivity (Wildman–Crippen MR) is 125 cm³/mol. The second-order valence-electron chi connectivity index (χ2n) is 9.21. The Hall–Kier alpha value is -3.42. The van der Waals surface area contributed by atoms with Crippen LogP contribution < -0.4 is 9.47 Å². The Morgan fingerprint density at radius 3 is 2.68 bits per heavy atom. The molecule has 34 heavy (non-hydrogen) atoms. The van der Waals surface area contributed by atoms with Gasteiger partial charge in [-0.2, -0.15) is 0 Å². The molecule has 1 atom stereocenters. The highest BCUT2D eigenvalue weighted by Crippen LogP contribution is 2.45. The Labute approximate surface area is 198 Å². The molecular formula is C26H30FN3O4. The van der Waals surface area contributed by atoms with Gasteiger partial charge in [0.05, 0.1) is 19.2 Å². The standard InChI is InChI=1S/C26H30FN3O4/c1-16(2)11-25-23(28-29-30(25)24-13-19(33-3)9-10-22(24)27)15-34-20-6-4-5-18(12-20)21(14-26(31)32)17-7-8-17/h4-6,9-10,12-13,16-17,21H,7-8,11,14-15H2,1-3H3,(H,31,32)/t21-/m0/s1. The largest absolute Gasteiger partial charge is 0.497 e. The fraction of sp³-hybridized carbons (Fsp3) is 0.423. The van der Waals surface area contributed by atoms with Crippen molar-refractivity contribution < 1.29 is 23.8 Å². The van der Waals surface area contributed by atoms with Crippen LogP contribution in [0.1, 0.15) is 56.0 Å². The average molecular weight is 468 g/mol. The second kappa shape index (κ2) is 10.2. The maximum absolute atomic E-state index is 14.6. The van der Waals surface area contributed by atoms with Crippen molar-refractivity contribution in [1.82, 2.24) is 15.0 Å². The third-order valence-corrected chi connectivity index (χ3v) is 6.07. The molecule has 0 amide bonds. The van der Waals surface area contributed by atoms with Gasteiger partial charge in [0.2, 0.25) is 0 Å². The van der Waals surface area contributed by atoms with Gasteiger partial charge in [-0.15, -0.1) is 5.10 Å². The lowest BCUT2D eigenvalue weighted by molar-refractivity contribution is -0.137. The number of halogens is 1. The molecule has 180 valence electrons. The normalized spacial score (nSPS) is 14.3. The molecule has 2 aromatic carbocycles. The molecule has 0 bridgehead atoms. The number of benzene rings is 2. The fourth-order valence-electron chi connectivity index (χ4n) is 4.24. The number of aromatic nitrogens is 3. The number of ether oxygens (including phenoxy) is 2. The molecule has 3 aromatic rings. The van der Waals surface area contributed by atoms with Crippen molar-refractivity contribution in [2.24, 2.45) is 11.8 Å². The first-order valence-corrected chi connectivity index (χ1v) is 11.6. The number of carboxylic acid groups (broad SMARTS) is 1. The molecule has 7 nitrogen and oxygen atoms in total. The van der Waals surface area contributed by atoms with Gasteiger partial charge < -0.3 is 14.6 Å². The van der Waals surface area contributed by atoms with Crippen LogP contribution in [0.15, 0.2) is 42.5 Å². The summed E-state index contributed by atoms with van der Waals surface area (Å²) in [6.07, 6.45) is 2.88. The lowest BCUT2D eigenvalue weighted by Crippen LogP contribution is -2.10. The van der Waals surface area contributed by atoms with Crippen molar-refractivity contribution in [3.63, 3.8) is 0 Å².